The number of nitrogens with one attached hydrogen (secondary N) is 1. The lowest BCUT2D eigenvalue weighted by Gasteiger charge is -2.15. The lowest BCUT2D eigenvalue weighted by molar-refractivity contribution is -0.389. The highest BCUT2D eigenvalue weighted by Crippen LogP contribution is 2.35. The van der Waals surface area contributed by atoms with Crippen LogP contribution in [0.1, 0.15) is 71.4 Å². The zero-order valence-corrected chi connectivity index (χ0v) is 19.6. The van der Waals surface area contributed by atoms with Gasteiger partial charge in [-0.3, -0.25) is 4.79 Å². The number of aryl methyl sites for hydroxylation is 1. The second-order valence-electron chi connectivity index (χ2n) is 7.19. The fourth-order valence-electron chi connectivity index (χ4n) is 3.05. The highest BCUT2D eigenvalue weighted by atomic mass is 32.1. The molecule has 2 aromatic rings. The quantitative estimate of drug-likeness (QED) is 0.334. The molecule has 0 spiro atoms. The van der Waals surface area contributed by atoms with Crippen LogP contribution in [0.5, 0.6) is 0 Å². The number of amides is 1. The molecule has 0 radical (unpaired) electrons. The van der Waals surface area contributed by atoms with Gasteiger partial charge in [0.15, 0.2) is 6.04 Å². The fourth-order valence-corrected chi connectivity index (χ4v) is 4.14. The number of nitro groups is 1. The van der Waals surface area contributed by atoms with Gasteiger partial charge in [0.05, 0.1) is 35.1 Å². The van der Waals surface area contributed by atoms with Gasteiger partial charge < -0.3 is 24.9 Å². The Bertz CT molecular complexity index is 1040. The van der Waals surface area contributed by atoms with Crippen molar-refractivity contribution in [1.29, 1.82) is 0 Å². The summed E-state index contributed by atoms with van der Waals surface area (Å²) < 4.78 is 11.6. The molecule has 32 heavy (non-hydrogen) atoms. The molecule has 11 nitrogen and oxygen atoms in total. The number of nitrogens with zero attached hydrogens (tertiary/aromatic N) is 3. The third-order valence-electron chi connectivity index (χ3n) is 4.47. The minimum Gasteiger partial charge on any atom is -0.462 e. The normalized spacial score (nSPS) is 11.8. The van der Waals surface area contributed by atoms with E-state index in [2.05, 4.69) is 10.4 Å². The smallest absolute Gasteiger partial charge is 0.390 e. The summed E-state index contributed by atoms with van der Waals surface area (Å²) in [6.07, 6.45) is -0.126. The fraction of sp³-hybridized carbons (Fsp3) is 0.500. The molecule has 12 heteroatoms. The van der Waals surface area contributed by atoms with Gasteiger partial charge >= 0.3 is 17.8 Å². The number of aromatic nitrogens is 2. The van der Waals surface area contributed by atoms with Crippen molar-refractivity contribution in [2.24, 2.45) is 0 Å². The molecule has 2 rings (SSSR count). The summed E-state index contributed by atoms with van der Waals surface area (Å²) in [5, 5.41) is 17.8. The van der Waals surface area contributed by atoms with Crippen LogP contribution in [0.25, 0.3) is 0 Å². The van der Waals surface area contributed by atoms with Crippen LogP contribution in [-0.2, 0) is 14.3 Å². The van der Waals surface area contributed by atoms with Crippen molar-refractivity contribution >= 4 is 40.0 Å². The SMILES string of the molecule is CCOC(=O)c1sc(NC(=O)C(CC)n2nc([N+](=O)[O-])cc2C)c(C(=O)OC(C)C)c1C. The van der Waals surface area contributed by atoms with Crippen LogP contribution in [0, 0.1) is 24.0 Å². The van der Waals surface area contributed by atoms with E-state index in [0.29, 0.717) is 11.3 Å². The van der Waals surface area contributed by atoms with Crippen molar-refractivity contribution in [1.82, 2.24) is 9.78 Å². The van der Waals surface area contributed by atoms with Crippen LogP contribution >= 0.6 is 11.3 Å². The Morgan fingerprint density at radius 1 is 1.25 bits per heavy atom. The Balaban J connectivity index is 2.45. The Morgan fingerprint density at radius 2 is 1.91 bits per heavy atom. The van der Waals surface area contributed by atoms with Gasteiger partial charge in [-0.1, -0.05) is 6.92 Å². The van der Waals surface area contributed by atoms with Gasteiger partial charge in [0.2, 0.25) is 0 Å². The average Bonchev–Trinajstić information content (AvgIpc) is 3.22. The standard InChI is InChI=1S/C20H26N4O7S/c1-7-13(23-11(5)9-14(22-23)24(28)29)17(25)21-18-15(19(26)31-10(3)4)12(6)16(32-18)20(27)30-8-2/h9-10,13H,7-8H2,1-6H3,(H,21,25). The van der Waals surface area contributed by atoms with E-state index in [1.165, 1.54) is 10.7 Å². The van der Waals surface area contributed by atoms with E-state index in [0.717, 1.165) is 11.3 Å². The molecule has 1 amide bonds. The van der Waals surface area contributed by atoms with Gasteiger partial charge in [0, 0.05) is 0 Å². The topological polar surface area (TPSA) is 143 Å². The highest BCUT2D eigenvalue weighted by Gasteiger charge is 2.31. The molecule has 0 fully saturated rings. The molecular weight excluding hydrogens is 440 g/mol. The molecule has 0 saturated carbocycles. The third-order valence-corrected chi connectivity index (χ3v) is 5.66. The molecule has 0 aliphatic heterocycles. The summed E-state index contributed by atoms with van der Waals surface area (Å²) >= 11 is 0.910. The van der Waals surface area contributed by atoms with E-state index in [4.69, 9.17) is 9.47 Å². The van der Waals surface area contributed by atoms with E-state index >= 15 is 0 Å². The molecule has 0 aliphatic rings. The van der Waals surface area contributed by atoms with E-state index < -0.39 is 34.9 Å². The predicted octanol–water partition coefficient (Wildman–Crippen LogP) is 3.80. The Morgan fingerprint density at radius 3 is 2.41 bits per heavy atom. The van der Waals surface area contributed by atoms with Crippen molar-refractivity contribution in [2.75, 3.05) is 11.9 Å². The summed E-state index contributed by atoms with van der Waals surface area (Å²) in [4.78, 5) is 48.7. The largest absolute Gasteiger partial charge is 0.462 e. The van der Waals surface area contributed by atoms with Gasteiger partial charge in [0.1, 0.15) is 9.88 Å². The number of rotatable bonds is 9. The maximum absolute atomic E-state index is 13.1. The Hall–Kier alpha value is -3.28. The molecule has 0 aromatic carbocycles. The van der Waals surface area contributed by atoms with Gasteiger partial charge in [-0.25, -0.2) is 9.59 Å². The first kappa shape index (κ1) is 25.0. The first-order chi connectivity index (χ1) is 15.0. The maximum Gasteiger partial charge on any atom is 0.390 e. The first-order valence-electron chi connectivity index (χ1n) is 10.0. The molecule has 0 saturated heterocycles. The second kappa shape index (κ2) is 10.4. The molecule has 1 unspecified atom stereocenters. The molecule has 1 N–H and O–H groups in total. The summed E-state index contributed by atoms with van der Waals surface area (Å²) in [6.45, 7) is 10.1. The molecular formula is C20H26N4O7S. The van der Waals surface area contributed by atoms with Crippen molar-refractivity contribution in [2.45, 2.75) is 60.1 Å². The van der Waals surface area contributed by atoms with Crippen molar-refractivity contribution in [3.05, 3.63) is 37.9 Å². The van der Waals surface area contributed by atoms with Crippen LogP contribution in [0.3, 0.4) is 0 Å². The average molecular weight is 467 g/mol. The number of carbonyl (C=O) groups excluding carboxylic acids is 3. The van der Waals surface area contributed by atoms with Gasteiger partial charge in [0.25, 0.3) is 5.91 Å². The van der Waals surface area contributed by atoms with E-state index in [9.17, 15) is 24.5 Å². The van der Waals surface area contributed by atoms with Crippen LogP contribution in [0.4, 0.5) is 10.8 Å². The van der Waals surface area contributed by atoms with Crippen LogP contribution in [-0.4, -0.2) is 45.3 Å². The van der Waals surface area contributed by atoms with Crippen LogP contribution in [0.15, 0.2) is 6.07 Å². The Labute approximate surface area is 188 Å². The zero-order valence-electron chi connectivity index (χ0n) is 18.8. The molecule has 2 heterocycles. The summed E-state index contributed by atoms with van der Waals surface area (Å²) in [7, 11) is 0. The van der Waals surface area contributed by atoms with Crippen LogP contribution < -0.4 is 5.32 Å². The lowest BCUT2D eigenvalue weighted by atomic mass is 10.1. The van der Waals surface area contributed by atoms with Crippen LogP contribution in [0.2, 0.25) is 0 Å². The molecule has 0 aliphatic carbocycles. The minimum atomic E-state index is -0.869. The third kappa shape index (κ3) is 5.31. The van der Waals surface area contributed by atoms with Crippen molar-refractivity contribution in [3.63, 3.8) is 0 Å². The number of ether oxygens (including phenoxy) is 2. The molecule has 1 atom stereocenters. The zero-order chi connectivity index (χ0) is 24.2. The number of anilines is 1. The molecule has 174 valence electrons. The minimum absolute atomic E-state index is 0.0677. The van der Waals surface area contributed by atoms with Gasteiger partial charge in [-0.05, 0) is 51.5 Å². The van der Waals surface area contributed by atoms with Gasteiger partial charge in [-0.15, -0.1) is 11.3 Å². The maximum atomic E-state index is 13.1. The Kier molecular flexibility index (Phi) is 8.08. The summed E-state index contributed by atoms with van der Waals surface area (Å²) in [6, 6.07) is 0.404. The van der Waals surface area contributed by atoms with E-state index in [1.54, 1.807) is 41.5 Å². The molecule has 0 bridgehead atoms. The number of esters is 2. The van der Waals surface area contributed by atoms with Crippen molar-refractivity contribution in [3.8, 4) is 0 Å². The van der Waals surface area contributed by atoms with E-state index in [1.807, 2.05) is 0 Å². The molecule has 2 aromatic heterocycles. The van der Waals surface area contributed by atoms with E-state index in [-0.39, 0.29) is 34.3 Å². The van der Waals surface area contributed by atoms with Crippen molar-refractivity contribution < 1.29 is 28.8 Å². The number of carbonyl (C=O) groups is 3. The summed E-state index contributed by atoms with van der Waals surface area (Å²) in [5.74, 6) is -2.20. The lowest BCUT2D eigenvalue weighted by Crippen LogP contribution is -2.27. The number of hydrogen-bond acceptors (Lipinski definition) is 9. The summed E-state index contributed by atoms with van der Waals surface area (Å²) in [5.41, 5.74) is 0.846. The monoisotopic (exact) mass is 466 g/mol. The highest BCUT2D eigenvalue weighted by molar-refractivity contribution is 7.18. The van der Waals surface area contributed by atoms with Gasteiger partial charge in [-0.2, -0.15) is 4.68 Å². The first-order valence-corrected chi connectivity index (χ1v) is 10.9. The second-order valence-corrected chi connectivity index (χ2v) is 8.21. The number of thiophene rings is 1. The predicted molar refractivity (Wildman–Crippen MR) is 117 cm³/mol. The number of hydrogen-bond donors (Lipinski definition) is 1.